The summed E-state index contributed by atoms with van der Waals surface area (Å²) in [5, 5.41) is 23.3. The van der Waals surface area contributed by atoms with Crippen LogP contribution in [-0.2, 0) is 4.74 Å². The van der Waals surface area contributed by atoms with E-state index >= 15 is 0 Å². The van der Waals surface area contributed by atoms with Crippen molar-refractivity contribution >= 4 is 0 Å². The second-order valence-electron chi connectivity index (χ2n) is 11.4. The molecule has 0 aromatic carbocycles. The standard InChI is InChI=1S/C24H39NO3/c1-7-25(5)20-15-12-16-22(3,4)10-9-17(28-6)24(16,20)19-18(26)14-8-11-23(15,19)21(27)13(14)2/h14-21,26-27H,2,7-12H2,1,3-6H3. The molecule has 10 atom stereocenters. The van der Waals surface area contributed by atoms with Gasteiger partial charge in [0.1, 0.15) is 0 Å². The fourth-order valence-electron chi connectivity index (χ4n) is 9.72. The summed E-state index contributed by atoms with van der Waals surface area (Å²) in [6, 6.07) is 0.367. The Bertz CT molecular complexity index is 691. The summed E-state index contributed by atoms with van der Waals surface area (Å²) in [7, 11) is 4.13. The summed E-state index contributed by atoms with van der Waals surface area (Å²) in [6.07, 6.45) is 4.70. The number of ether oxygens (including phenoxy) is 1. The number of aliphatic hydroxyl groups is 2. The van der Waals surface area contributed by atoms with E-state index in [1.54, 1.807) is 0 Å². The maximum Gasteiger partial charge on any atom is 0.0814 e. The minimum absolute atomic E-state index is 0.0476. The van der Waals surface area contributed by atoms with E-state index < -0.39 is 12.2 Å². The number of hydrogen-bond acceptors (Lipinski definition) is 4. The van der Waals surface area contributed by atoms with Crippen molar-refractivity contribution in [2.75, 3.05) is 20.7 Å². The number of fused-ring (bicyclic) bond motifs is 3. The fraction of sp³-hybridized carbons (Fsp3) is 0.917. The van der Waals surface area contributed by atoms with Gasteiger partial charge in [-0.3, -0.25) is 0 Å². The van der Waals surface area contributed by atoms with Crippen molar-refractivity contribution in [1.29, 1.82) is 0 Å². The Morgan fingerprint density at radius 3 is 2.57 bits per heavy atom. The maximum atomic E-state index is 11.7. The number of nitrogens with zero attached hydrogens (tertiary/aromatic N) is 1. The van der Waals surface area contributed by atoms with E-state index in [2.05, 4.69) is 39.3 Å². The van der Waals surface area contributed by atoms with Gasteiger partial charge in [-0.25, -0.2) is 0 Å². The second-order valence-corrected chi connectivity index (χ2v) is 11.4. The molecule has 2 spiro atoms. The van der Waals surface area contributed by atoms with Gasteiger partial charge in [-0.15, -0.1) is 0 Å². The molecule has 4 heteroatoms. The van der Waals surface area contributed by atoms with Gasteiger partial charge < -0.3 is 19.8 Å². The summed E-state index contributed by atoms with van der Waals surface area (Å²) in [5.41, 5.74) is 0.847. The quantitative estimate of drug-likeness (QED) is 0.729. The van der Waals surface area contributed by atoms with Gasteiger partial charge in [-0.05, 0) is 68.5 Å². The van der Waals surface area contributed by atoms with Gasteiger partial charge in [-0.1, -0.05) is 27.4 Å². The first-order valence-corrected chi connectivity index (χ1v) is 11.5. The highest BCUT2D eigenvalue weighted by Gasteiger charge is 2.84. The highest BCUT2D eigenvalue weighted by Crippen LogP contribution is 2.82. The summed E-state index contributed by atoms with van der Waals surface area (Å²) < 4.78 is 6.27. The average Bonchev–Trinajstić information content (AvgIpc) is 3.15. The average molecular weight is 390 g/mol. The van der Waals surface area contributed by atoms with Crippen LogP contribution >= 0.6 is 0 Å². The van der Waals surface area contributed by atoms with Gasteiger partial charge in [0.05, 0.1) is 18.3 Å². The Morgan fingerprint density at radius 1 is 1.21 bits per heavy atom. The van der Waals surface area contributed by atoms with E-state index in [0.717, 1.165) is 37.8 Å². The molecule has 0 aliphatic heterocycles. The van der Waals surface area contributed by atoms with E-state index in [1.165, 1.54) is 6.42 Å². The number of aliphatic hydroxyl groups excluding tert-OH is 2. The number of rotatable bonds is 3. The van der Waals surface area contributed by atoms with Crippen molar-refractivity contribution in [1.82, 2.24) is 4.90 Å². The molecular weight excluding hydrogens is 350 g/mol. The van der Waals surface area contributed by atoms with Crippen LogP contribution in [0.1, 0.15) is 52.9 Å². The molecule has 158 valence electrons. The number of methoxy groups -OCH3 is 1. The first-order valence-electron chi connectivity index (χ1n) is 11.5. The lowest BCUT2D eigenvalue weighted by Gasteiger charge is -2.67. The molecule has 0 aromatic heterocycles. The van der Waals surface area contributed by atoms with Gasteiger partial charge in [0.2, 0.25) is 0 Å². The first-order chi connectivity index (χ1) is 13.2. The van der Waals surface area contributed by atoms with Crippen molar-refractivity contribution < 1.29 is 14.9 Å². The van der Waals surface area contributed by atoms with Crippen LogP contribution in [0.4, 0.5) is 0 Å². The molecule has 0 radical (unpaired) electrons. The predicted octanol–water partition coefficient (Wildman–Crippen LogP) is 3.08. The molecule has 0 amide bonds. The van der Waals surface area contributed by atoms with E-state index in [9.17, 15) is 10.2 Å². The van der Waals surface area contributed by atoms with E-state index in [0.29, 0.717) is 17.9 Å². The molecule has 0 aromatic rings. The lowest BCUT2D eigenvalue weighted by atomic mass is 9.39. The predicted molar refractivity (Wildman–Crippen MR) is 110 cm³/mol. The van der Waals surface area contributed by atoms with Crippen LogP contribution in [0.15, 0.2) is 12.2 Å². The SMILES string of the molecule is C=C1C2CCC3(C1O)C1CC4C(C)(C)CCC(OC)C4(C1N(C)CC)C3C2O. The summed E-state index contributed by atoms with van der Waals surface area (Å²) >= 11 is 0. The molecule has 10 unspecified atom stereocenters. The lowest BCUT2D eigenvalue weighted by Crippen LogP contribution is -2.69. The van der Waals surface area contributed by atoms with Crippen molar-refractivity contribution in [2.45, 2.75) is 77.2 Å². The van der Waals surface area contributed by atoms with Crippen LogP contribution in [0, 0.1) is 39.9 Å². The molecule has 6 saturated carbocycles. The van der Waals surface area contributed by atoms with Crippen LogP contribution in [-0.4, -0.2) is 60.2 Å². The van der Waals surface area contributed by atoms with Crippen molar-refractivity contribution in [3.05, 3.63) is 12.2 Å². The largest absolute Gasteiger partial charge is 0.392 e. The molecule has 6 aliphatic rings. The van der Waals surface area contributed by atoms with Crippen LogP contribution < -0.4 is 0 Å². The molecule has 0 heterocycles. The lowest BCUT2D eigenvalue weighted by molar-refractivity contribution is -0.246. The van der Waals surface area contributed by atoms with Gasteiger partial charge in [0, 0.05) is 35.8 Å². The molecule has 2 N–H and O–H groups in total. The van der Waals surface area contributed by atoms with Gasteiger partial charge in [0.15, 0.2) is 0 Å². The minimum Gasteiger partial charge on any atom is -0.392 e. The third kappa shape index (κ3) is 1.84. The Hall–Kier alpha value is -0.420. The van der Waals surface area contributed by atoms with Crippen LogP contribution in [0.25, 0.3) is 0 Å². The molecule has 0 saturated heterocycles. The van der Waals surface area contributed by atoms with E-state index in [1.807, 2.05) is 7.11 Å². The summed E-state index contributed by atoms with van der Waals surface area (Å²) in [5.74, 6) is 1.11. The van der Waals surface area contributed by atoms with Crippen molar-refractivity contribution in [2.24, 2.45) is 39.9 Å². The Balaban J connectivity index is 1.77. The first kappa shape index (κ1) is 19.5. The fourth-order valence-corrected chi connectivity index (χ4v) is 9.72. The number of hydrogen-bond donors (Lipinski definition) is 2. The van der Waals surface area contributed by atoms with Crippen molar-refractivity contribution in [3.63, 3.8) is 0 Å². The van der Waals surface area contributed by atoms with Crippen LogP contribution in [0.5, 0.6) is 0 Å². The molecule has 4 bridgehead atoms. The zero-order valence-electron chi connectivity index (χ0n) is 18.3. The zero-order valence-corrected chi connectivity index (χ0v) is 18.3. The molecule has 6 rings (SSSR count). The topological polar surface area (TPSA) is 52.9 Å². The van der Waals surface area contributed by atoms with Gasteiger partial charge in [-0.2, -0.15) is 0 Å². The monoisotopic (exact) mass is 389 g/mol. The van der Waals surface area contributed by atoms with Crippen LogP contribution in [0.3, 0.4) is 0 Å². The zero-order chi connectivity index (χ0) is 20.2. The van der Waals surface area contributed by atoms with Crippen molar-refractivity contribution in [3.8, 4) is 0 Å². The van der Waals surface area contributed by atoms with E-state index in [-0.39, 0.29) is 34.2 Å². The smallest absolute Gasteiger partial charge is 0.0814 e. The Labute approximate surface area is 170 Å². The third-order valence-electron chi connectivity index (χ3n) is 10.6. The highest BCUT2D eigenvalue weighted by molar-refractivity contribution is 5.38. The molecule has 4 nitrogen and oxygen atoms in total. The molecular formula is C24H39NO3. The summed E-state index contributed by atoms with van der Waals surface area (Å²) in [6.45, 7) is 12.4. The normalized spacial score (nSPS) is 56.2. The highest BCUT2D eigenvalue weighted by atomic mass is 16.5. The molecule has 6 aliphatic carbocycles. The van der Waals surface area contributed by atoms with Crippen LogP contribution in [0.2, 0.25) is 0 Å². The van der Waals surface area contributed by atoms with E-state index in [4.69, 9.17) is 4.74 Å². The molecule has 28 heavy (non-hydrogen) atoms. The molecule has 6 fully saturated rings. The maximum absolute atomic E-state index is 11.7. The third-order valence-corrected chi connectivity index (χ3v) is 10.6. The van der Waals surface area contributed by atoms with Gasteiger partial charge >= 0.3 is 0 Å². The Morgan fingerprint density at radius 2 is 1.93 bits per heavy atom. The second kappa shape index (κ2) is 5.84. The minimum atomic E-state index is -0.472. The van der Waals surface area contributed by atoms with Gasteiger partial charge in [0.25, 0.3) is 0 Å². The summed E-state index contributed by atoms with van der Waals surface area (Å²) in [4.78, 5) is 2.53. The Kier molecular flexibility index (Phi) is 4.07.